The summed E-state index contributed by atoms with van der Waals surface area (Å²) in [6, 6.07) is 5.66. The molecule has 0 amide bonds. The average molecular weight is 412 g/mol. The quantitative estimate of drug-likeness (QED) is 0.300. The van der Waals surface area contributed by atoms with Gasteiger partial charge in [0, 0.05) is 10.8 Å². The Balaban J connectivity index is 0.000000503. The van der Waals surface area contributed by atoms with Gasteiger partial charge in [0.05, 0.1) is 0 Å². The van der Waals surface area contributed by atoms with E-state index in [1.54, 1.807) is 12.1 Å². The molecule has 27 heavy (non-hydrogen) atoms. The lowest BCUT2D eigenvalue weighted by Gasteiger charge is -2.10. The van der Waals surface area contributed by atoms with Crippen molar-refractivity contribution in [2.75, 3.05) is 0 Å². The summed E-state index contributed by atoms with van der Waals surface area (Å²) in [5, 5.41) is -0.00469. The predicted octanol–water partition coefficient (Wildman–Crippen LogP) is 7.45. The zero-order valence-electron chi connectivity index (χ0n) is 15.2. The van der Waals surface area contributed by atoms with Crippen LogP contribution >= 0.6 is 12.6 Å². The number of rotatable bonds is 5. The molecule has 0 aliphatic rings. The van der Waals surface area contributed by atoms with Crippen LogP contribution in [0.3, 0.4) is 0 Å². The monoisotopic (exact) mass is 412 g/mol. The summed E-state index contributed by atoms with van der Waals surface area (Å²) in [5.41, 5.74) is 0.655. The molecule has 1 unspecified atom stereocenters. The van der Waals surface area contributed by atoms with Gasteiger partial charge in [-0.15, -0.1) is 13.2 Å². The number of thiol groups is 1. The second kappa shape index (κ2) is 10.5. The fraction of sp³-hybridized carbons (Fsp3) is 0.368. The second-order valence-electron chi connectivity index (χ2n) is 5.88. The minimum atomic E-state index is -4.63. The maximum absolute atomic E-state index is 11.9. The Morgan fingerprint density at radius 3 is 1.78 bits per heavy atom. The Kier molecular flexibility index (Phi) is 9.78. The van der Waals surface area contributed by atoms with Crippen LogP contribution in [0.2, 0.25) is 0 Å². The molecule has 0 spiro atoms. The van der Waals surface area contributed by atoms with Gasteiger partial charge in [-0.3, -0.25) is 0 Å². The van der Waals surface area contributed by atoms with Crippen molar-refractivity contribution in [1.29, 1.82) is 0 Å². The van der Waals surface area contributed by atoms with Crippen molar-refractivity contribution < 1.29 is 31.1 Å². The molecule has 0 saturated carbocycles. The van der Waals surface area contributed by atoms with Gasteiger partial charge in [0.2, 0.25) is 0 Å². The summed E-state index contributed by atoms with van der Waals surface area (Å²) in [4.78, 5) is 0. The van der Waals surface area contributed by atoms with Crippen LogP contribution in [0.4, 0.5) is 26.3 Å². The fourth-order valence-electron chi connectivity index (χ4n) is 1.44. The number of alkyl halides is 6. The fourth-order valence-corrected chi connectivity index (χ4v) is 1.61. The lowest BCUT2D eigenvalue weighted by Crippen LogP contribution is -2.17. The number of allylic oxidation sites excluding steroid dienone is 4. The highest BCUT2D eigenvalue weighted by Gasteiger charge is 2.31. The van der Waals surface area contributed by atoms with Crippen LogP contribution in [-0.4, -0.2) is 12.5 Å². The van der Waals surface area contributed by atoms with E-state index in [1.165, 1.54) is 18.2 Å². The molecule has 0 aromatic heterocycles. The molecule has 1 rings (SSSR count). The molecule has 0 aliphatic carbocycles. The number of benzene rings is 1. The van der Waals surface area contributed by atoms with E-state index in [2.05, 4.69) is 30.5 Å². The highest BCUT2D eigenvalue weighted by molar-refractivity contribution is 7.80. The van der Waals surface area contributed by atoms with Crippen LogP contribution in [0.25, 0.3) is 0 Å². The van der Waals surface area contributed by atoms with Crippen LogP contribution in [0.15, 0.2) is 60.7 Å². The van der Waals surface area contributed by atoms with E-state index in [-0.39, 0.29) is 16.9 Å². The predicted molar refractivity (Wildman–Crippen MR) is 98.8 cm³/mol. The van der Waals surface area contributed by atoms with Crippen molar-refractivity contribution in [3.63, 3.8) is 0 Å². The van der Waals surface area contributed by atoms with Crippen LogP contribution < -0.4 is 4.74 Å². The van der Waals surface area contributed by atoms with Gasteiger partial charge in [0.15, 0.2) is 0 Å². The number of hydrogen-bond donors (Lipinski definition) is 1. The van der Waals surface area contributed by atoms with Gasteiger partial charge in [0.25, 0.3) is 0 Å². The second-order valence-corrected chi connectivity index (χ2v) is 6.65. The van der Waals surface area contributed by atoms with Gasteiger partial charge in [-0.25, -0.2) is 0 Å². The summed E-state index contributed by atoms with van der Waals surface area (Å²) in [6.45, 7) is 12.1. The van der Waals surface area contributed by atoms with Gasteiger partial charge < -0.3 is 4.74 Å². The van der Waals surface area contributed by atoms with Gasteiger partial charge in [-0.1, -0.05) is 56.9 Å². The van der Waals surface area contributed by atoms with Crippen molar-refractivity contribution in [2.24, 2.45) is 5.92 Å². The largest absolute Gasteiger partial charge is 0.573 e. The molecule has 0 fully saturated rings. The first-order chi connectivity index (χ1) is 12.1. The van der Waals surface area contributed by atoms with E-state index < -0.39 is 18.1 Å². The van der Waals surface area contributed by atoms with E-state index in [4.69, 9.17) is 0 Å². The van der Waals surface area contributed by atoms with Gasteiger partial charge in [0.1, 0.15) is 5.75 Å². The smallest absolute Gasteiger partial charge is 0.406 e. The lowest BCUT2D eigenvalue weighted by atomic mass is 10.0. The Bertz CT molecular complexity index is 640. The standard InChI is InChI=1S/C10H13F3.C9H9F3OS/c1-7(2)8(3)5-6-9(4)10(11,12)13;1-6(14)7-2-4-8(5-3-7)13-9(10,11)12/h5-7H,3-4H2,1-2H3;2-6,14H,1H3/b6-5-;. The van der Waals surface area contributed by atoms with Crippen LogP contribution in [0.5, 0.6) is 5.75 Å². The lowest BCUT2D eigenvalue weighted by molar-refractivity contribution is -0.274. The number of ether oxygens (including phenoxy) is 1. The van der Waals surface area contributed by atoms with E-state index in [0.717, 1.165) is 11.6 Å². The van der Waals surface area contributed by atoms with E-state index in [1.807, 2.05) is 20.8 Å². The highest BCUT2D eigenvalue weighted by atomic mass is 32.1. The van der Waals surface area contributed by atoms with Crippen LogP contribution in [0.1, 0.15) is 31.6 Å². The Hall–Kier alpha value is -1.83. The van der Waals surface area contributed by atoms with E-state index >= 15 is 0 Å². The number of hydrogen-bond acceptors (Lipinski definition) is 2. The first-order valence-corrected chi connectivity index (χ1v) is 8.32. The Labute approximate surface area is 160 Å². The molecule has 0 radical (unpaired) electrons. The molecule has 8 heteroatoms. The van der Waals surface area contributed by atoms with Gasteiger partial charge in [-0.05, 0) is 30.5 Å². The van der Waals surface area contributed by atoms with E-state index in [0.29, 0.717) is 5.57 Å². The molecule has 1 nitrogen and oxygen atoms in total. The molecule has 0 heterocycles. The van der Waals surface area contributed by atoms with Crippen molar-refractivity contribution in [1.82, 2.24) is 0 Å². The molecule has 0 bridgehead atoms. The Morgan fingerprint density at radius 1 is 0.963 bits per heavy atom. The van der Waals surface area contributed by atoms with Crippen molar-refractivity contribution >= 4 is 12.6 Å². The molecule has 1 aromatic carbocycles. The molecule has 152 valence electrons. The summed E-state index contributed by atoms with van der Waals surface area (Å²) < 4.78 is 74.8. The van der Waals surface area contributed by atoms with E-state index in [9.17, 15) is 26.3 Å². The molecule has 0 aliphatic heterocycles. The SMILES string of the molecule is C=C(/C=C\C(=C)C(F)(F)F)C(C)C.CC(S)c1ccc(OC(F)(F)F)cc1. The van der Waals surface area contributed by atoms with Crippen molar-refractivity contribution in [3.05, 3.63) is 66.3 Å². The molecule has 1 atom stereocenters. The zero-order valence-corrected chi connectivity index (χ0v) is 16.1. The third-order valence-electron chi connectivity index (χ3n) is 3.20. The molecule has 0 N–H and O–H groups in total. The van der Waals surface area contributed by atoms with Crippen LogP contribution in [0, 0.1) is 5.92 Å². The maximum atomic E-state index is 11.9. The highest BCUT2D eigenvalue weighted by Crippen LogP contribution is 2.26. The third-order valence-corrected chi connectivity index (χ3v) is 3.50. The van der Waals surface area contributed by atoms with Gasteiger partial charge >= 0.3 is 12.5 Å². The first kappa shape index (κ1) is 25.2. The summed E-state index contributed by atoms with van der Waals surface area (Å²) in [6.07, 6.45) is -6.68. The first-order valence-electron chi connectivity index (χ1n) is 7.80. The minimum absolute atomic E-state index is 0.00469. The molecule has 1 aromatic rings. The maximum Gasteiger partial charge on any atom is 0.573 e. The van der Waals surface area contributed by atoms with Crippen LogP contribution in [-0.2, 0) is 0 Å². The van der Waals surface area contributed by atoms with Gasteiger partial charge in [-0.2, -0.15) is 25.8 Å². The summed E-state index contributed by atoms with van der Waals surface area (Å²) >= 11 is 4.15. The Morgan fingerprint density at radius 2 is 1.44 bits per heavy atom. The minimum Gasteiger partial charge on any atom is -0.406 e. The summed E-state index contributed by atoms with van der Waals surface area (Å²) in [5.74, 6) is -0.0625. The average Bonchev–Trinajstić information content (AvgIpc) is 2.50. The molecular formula is C19H22F6OS. The normalized spacial score (nSPS) is 13.1. The van der Waals surface area contributed by atoms with Crippen molar-refractivity contribution in [2.45, 2.75) is 38.6 Å². The molecule has 0 saturated heterocycles. The third kappa shape index (κ3) is 11.5. The van der Waals surface area contributed by atoms with Crippen molar-refractivity contribution in [3.8, 4) is 5.75 Å². The topological polar surface area (TPSA) is 9.23 Å². The zero-order chi connectivity index (χ0) is 21.4. The summed E-state index contributed by atoms with van der Waals surface area (Å²) in [7, 11) is 0. The number of halogens is 6. The molecular weight excluding hydrogens is 390 g/mol.